The van der Waals surface area contributed by atoms with Gasteiger partial charge in [-0.1, -0.05) is 0 Å². The lowest BCUT2D eigenvalue weighted by Crippen LogP contribution is -2.15. The Bertz CT molecular complexity index is 382. The predicted molar refractivity (Wildman–Crippen MR) is 55.2 cm³/mol. The Hall–Kier alpha value is -0.790. The number of nitrogens with two attached hydrogens (primary N) is 1. The number of carbonyl (C=O) groups excluding carboxylic acids is 1. The fraction of sp³-hybridized carbons (Fsp3) is 0.250. The van der Waals surface area contributed by atoms with E-state index in [2.05, 4.69) is 4.98 Å². The Morgan fingerprint density at radius 1 is 1.64 bits per heavy atom. The highest BCUT2D eigenvalue weighted by Crippen LogP contribution is 2.26. The maximum absolute atomic E-state index is 12.4. The monoisotopic (exact) mass is 312 g/mol. The molecule has 1 aromatic rings. The van der Waals surface area contributed by atoms with E-state index < -0.39 is 12.3 Å². The molecule has 1 rings (SSSR count). The second-order valence-corrected chi connectivity index (χ2v) is 3.74. The van der Waals surface area contributed by atoms with Crippen LogP contribution in [0.5, 0.6) is 0 Å². The van der Waals surface area contributed by atoms with Crippen LogP contribution in [-0.2, 0) is 0 Å². The van der Waals surface area contributed by atoms with Gasteiger partial charge in [-0.25, -0.2) is 8.78 Å². The van der Waals surface area contributed by atoms with Gasteiger partial charge in [0.2, 0.25) is 0 Å². The summed E-state index contributed by atoms with van der Waals surface area (Å²) in [4.78, 5) is 14.3. The zero-order valence-corrected chi connectivity index (χ0v) is 9.38. The van der Waals surface area contributed by atoms with Crippen LogP contribution in [-0.4, -0.2) is 10.9 Å². The van der Waals surface area contributed by atoms with Crippen molar-refractivity contribution in [3.8, 4) is 0 Å². The second kappa shape index (κ2) is 4.16. The fourth-order valence-electron chi connectivity index (χ4n) is 0.998. The van der Waals surface area contributed by atoms with E-state index in [9.17, 15) is 13.6 Å². The number of rotatable bonds is 2. The lowest BCUT2D eigenvalue weighted by molar-refractivity contribution is 0.0998. The minimum atomic E-state index is -2.64. The van der Waals surface area contributed by atoms with Gasteiger partial charge in [0.1, 0.15) is 5.69 Å². The Labute approximate surface area is 92.8 Å². The Morgan fingerprint density at radius 3 is 2.64 bits per heavy atom. The molecule has 0 radical (unpaired) electrons. The highest BCUT2D eigenvalue weighted by molar-refractivity contribution is 14.1. The third kappa shape index (κ3) is 1.99. The molecule has 0 fully saturated rings. The molecule has 14 heavy (non-hydrogen) atoms. The first-order chi connectivity index (χ1) is 6.45. The molecule has 1 heterocycles. The Balaban J connectivity index is 3.33. The van der Waals surface area contributed by atoms with Crippen LogP contribution in [0.25, 0.3) is 0 Å². The minimum absolute atomic E-state index is 0.179. The van der Waals surface area contributed by atoms with Gasteiger partial charge in [0.05, 0.1) is 5.56 Å². The van der Waals surface area contributed by atoms with Crippen molar-refractivity contribution in [3.05, 3.63) is 26.6 Å². The number of halogens is 3. The van der Waals surface area contributed by atoms with Crippen molar-refractivity contribution in [3.63, 3.8) is 0 Å². The summed E-state index contributed by atoms with van der Waals surface area (Å²) < 4.78 is 25.0. The van der Waals surface area contributed by atoms with Crippen molar-refractivity contribution in [2.45, 2.75) is 13.3 Å². The summed E-state index contributed by atoms with van der Waals surface area (Å²) in [5.74, 6) is -0.659. The third-order valence-corrected chi connectivity index (χ3v) is 3.12. The molecule has 0 atom stereocenters. The number of pyridine rings is 1. The third-order valence-electron chi connectivity index (χ3n) is 1.76. The van der Waals surface area contributed by atoms with Gasteiger partial charge in [-0.15, -0.1) is 0 Å². The maximum Gasteiger partial charge on any atom is 0.281 e. The number of hydrogen-bond acceptors (Lipinski definition) is 2. The lowest BCUT2D eigenvalue weighted by atomic mass is 10.1. The molecule has 6 heteroatoms. The van der Waals surface area contributed by atoms with Crippen molar-refractivity contribution in [2.75, 3.05) is 0 Å². The molecular weight excluding hydrogens is 305 g/mol. The van der Waals surface area contributed by atoms with Crippen molar-refractivity contribution in [2.24, 2.45) is 5.73 Å². The molecule has 0 aliphatic heterocycles. The van der Waals surface area contributed by atoms with Crippen LogP contribution in [0.3, 0.4) is 0 Å². The smallest absolute Gasteiger partial charge is 0.281 e. The zero-order valence-electron chi connectivity index (χ0n) is 7.22. The molecule has 1 amide bonds. The van der Waals surface area contributed by atoms with Crippen LogP contribution < -0.4 is 5.73 Å². The zero-order chi connectivity index (χ0) is 10.9. The number of carbonyl (C=O) groups is 1. The van der Waals surface area contributed by atoms with E-state index in [-0.39, 0.29) is 14.8 Å². The highest BCUT2D eigenvalue weighted by Gasteiger charge is 2.18. The lowest BCUT2D eigenvalue weighted by Gasteiger charge is -2.08. The molecule has 0 aliphatic carbocycles. The summed E-state index contributed by atoms with van der Waals surface area (Å²) in [5.41, 5.74) is 5.35. The molecule has 0 unspecified atom stereocenters. The quantitative estimate of drug-likeness (QED) is 0.850. The van der Waals surface area contributed by atoms with Crippen molar-refractivity contribution in [1.82, 2.24) is 4.98 Å². The van der Waals surface area contributed by atoms with E-state index in [1.807, 2.05) is 0 Å². The average Bonchev–Trinajstić information content (AvgIpc) is 2.08. The fourth-order valence-corrected chi connectivity index (χ4v) is 1.66. The van der Waals surface area contributed by atoms with Crippen LogP contribution in [0.15, 0.2) is 6.20 Å². The number of primary amides is 1. The van der Waals surface area contributed by atoms with E-state index in [4.69, 9.17) is 5.73 Å². The van der Waals surface area contributed by atoms with Gasteiger partial charge in [-0.05, 0) is 35.1 Å². The van der Waals surface area contributed by atoms with Gasteiger partial charge in [-0.2, -0.15) is 0 Å². The van der Waals surface area contributed by atoms with Crippen LogP contribution in [0.2, 0.25) is 0 Å². The van der Waals surface area contributed by atoms with E-state index in [0.29, 0.717) is 5.56 Å². The van der Waals surface area contributed by atoms with E-state index in [1.54, 1.807) is 29.5 Å². The first-order valence-electron chi connectivity index (χ1n) is 3.68. The molecule has 2 N–H and O–H groups in total. The summed E-state index contributed by atoms with van der Waals surface area (Å²) in [6.45, 7) is 1.56. The largest absolute Gasteiger partial charge is 0.366 e. The van der Waals surface area contributed by atoms with Crippen molar-refractivity contribution in [1.29, 1.82) is 0 Å². The van der Waals surface area contributed by atoms with Gasteiger partial charge < -0.3 is 5.73 Å². The van der Waals surface area contributed by atoms with Crippen LogP contribution in [0, 0.1) is 10.5 Å². The van der Waals surface area contributed by atoms with Gasteiger partial charge >= 0.3 is 0 Å². The number of alkyl halides is 2. The van der Waals surface area contributed by atoms with Gasteiger partial charge in [0, 0.05) is 9.77 Å². The molecule has 0 aliphatic rings. The van der Waals surface area contributed by atoms with E-state index in [1.165, 1.54) is 0 Å². The van der Waals surface area contributed by atoms with Crippen molar-refractivity contribution < 1.29 is 13.6 Å². The van der Waals surface area contributed by atoms with Crippen molar-refractivity contribution >= 4 is 28.5 Å². The average molecular weight is 312 g/mol. The minimum Gasteiger partial charge on any atom is -0.366 e. The molecule has 3 nitrogen and oxygen atoms in total. The summed E-state index contributed by atoms with van der Waals surface area (Å²) in [5, 5.41) is 0. The normalized spacial score (nSPS) is 10.6. The first kappa shape index (κ1) is 11.3. The Kier molecular flexibility index (Phi) is 3.35. The molecule has 0 saturated heterocycles. The van der Waals surface area contributed by atoms with Gasteiger partial charge in [-0.3, -0.25) is 9.78 Å². The topological polar surface area (TPSA) is 56.0 Å². The standard InChI is InChI=1S/C8H7F2IN2O/c1-3-4(8(12)14)2-13-6(5(3)11)7(9)10/h2,7H,1H3,(H2,12,14). The molecule has 0 spiro atoms. The number of aromatic nitrogens is 1. The molecule has 0 saturated carbocycles. The SMILES string of the molecule is Cc1c(C(N)=O)cnc(C(F)F)c1I. The first-order valence-corrected chi connectivity index (χ1v) is 4.76. The summed E-state index contributed by atoms with van der Waals surface area (Å²) in [6.07, 6.45) is -1.55. The van der Waals surface area contributed by atoms with Gasteiger partial charge in [0.15, 0.2) is 0 Å². The maximum atomic E-state index is 12.4. The molecule has 0 aromatic carbocycles. The summed E-state index contributed by atoms with van der Waals surface area (Å²) in [6, 6.07) is 0. The number of hydrogen-bond donors (Lipinski definition) is 1. The van der Waals surface area contributed by atoms with E-state index in [0.717, 1.165) is 6.20 Å². The number of nitrogens with zero attached hydrogens (tertiary/aromatic N) is 1. The van der Waals surface area contributed by atoms with Crippen LogP contribution in [0.1, 0.15) is 28.0 Å². The summed E-state index contributed by atoms with van der Waals surface area (Å²) >= 11 is 1.73. The van der Waals surface area contributed by atoms with Gasteiger partial charge in [0.25, 0.3) is 12.3 Å². The Morgan fingerprint density at radius 2 is 2.21 bits per heavy atom. The molecule has 1 aromatic heterocycles. The molecular formula is C8H7F2IN2O. The second-order valence-electron chi connectivity index (χ2n) is 2.66. The predicted octanol–water partition coefficient (Wildman–Crippen LogP) is 2.03. The number of amides is 1. The van der Waals surface area contributed by atoms with Crippen LogP contribution in [0.4, 0.5) is 8.78 Å². The highest BCUT2D eigenvalue weighted by atomic mass is 127. The molecule has 76 valence electrons. The van der Waals surface area contributed by atoms with E-state index >= 15 is 0 Å². The van der Waals surface area contributed by atoms with Crippen LogP contribution >= 0.6 is 22.6 Å². The summed E-state index contributed by atoms with van der Waals surface area (Å²) in [7, 11) is 0. The molecule has 0 bridgehead atoms.